The van der Waals surface area contributed by atoms with Gasteiger partial charge in [0.2, 0.25) is 0 Å². The molecule has 0 radical (unpaired) electrons. The monoisotopic (exact) mass is 396 g/mol. The van der Waals surface area contributed by atoms with E-state index in [-0.39, 0.29) is 28.2 Å². The van der Waals surface area contributed by atoms with Crippen LogP contribution in [0, 0.1) is 17.0 Å². The molecule has 0 fully saturated rings. The molecule has 0 saturated heterocycles. The lowest BCUT2D eigenvalue weighted by Crippen LogP contribution is -2.19. The Morgan fingerprint density at radius 3 is 2.31 bits per heavy atom. The Hall–Kier alpha value is -3.88. The zero-order valence-electron chi connectivity index (χ0n) is 16.4. The summed E-state index contributed by atoms with van der Waals surface area (Å²) in [4.78, 5) is 28.1. The van der Waals surface area contributed by atoms with E-state index in [1.54, 1.807) is 18.7 Å². The summed E-state index contributed by atoms with van der Waals surface area (Å²) in [5, 5.41) is 11.5. The number of aliphatic imine (C=N–C) groups is 1. The SMILES string of the molecule is COc1cc(C=Nc2c(C)n(C)n(-c3ccccc3)c2=O)c([N+](=O)[O-])cc1OC. The van der Waals surface area contributed by atoms with E-state index in [4.69, 9.17) is 9.47 Å². The maximum atomic E-state index is 12.9. The third-order valence-corrected chi connectivity index (χ3v) is 4.59. The minimum Gasteiger partial charge on any atom is -0.493 e. The molecule has 0 N–H and O–H groups in total. The normalized spacial score (nSPS) is 11.0. The highest BCUT2D eigenvalue weighted by molar-refractivity contribution is 5.88. The van der Waals surface area contributed by atoms with Gasteiger partial charge in [0.25, 0.3) is 11.2 Å². The van der Waals surface area contributed by atoms with Gasteiger partial charge < -0.3 is 9.47 Å². The van der Waals surface area contributed by atoms with Gasteiger partial charge in [0.05, 0.1) is 42.2 Å². The van der Waals surface area contributed by atoms with Crippen LogP contribution in [0.1, 0.15) is 11.3 Å². The highest BCUT2D eigenvalue weighted by atomic mass is 16.6. The molecule has 0 aliphatic carbocycles. The molecule has 1 heterocycles. The molecule has 9 heteroatoms. The smallest absolute Gasteiger partial charge is 0.297 e. The van der Waals surface area contributed by atoms with Crippen LogP contribution in [0.4, 0.5) is 11.4 Å². The first-order valence-electron chi connectivity index (χ1n) is 8.67. The molecule has 29 heavy (non-hydrogen) atoms. The van der Waals surface area contributed by atoms with Gasteiger partial charge in [-0.15, -0.1) is 0 Å². The van der Waals surface area contributed by atoms with Crippen LogP contribution in [0.3, 0.4) is 0 Å². The van der Waals surface area contributed by atoms with E-state index in [1.165, 1.54) is 37.2 Å². The van der Waals surface area contributed by atoms with Crippen molar-refractivity contribution in [1.29, 1.82) is 0 Å². The van der Waals surface area contributed by atoms with Crippen LogP contribution in [0.5, 0.6) is 11.5 Å². The highest BCUT2D eigenvalue weighted by Crippen LogP contribution is 2.34. The van der Waals surface area contributed by atoms with Gasteiger partial charge in [-0.2, -0.15) is 0 Å². The zero-order chi connectivity index (χ0) is 21.1. The number of hydrogen-bond acceptors (Lipinski definition) is 6. The largest absolute Gasteiger partial charge is 0.493 e. The Morgan fingerprint density at radius 2 is 1.72 bits per heavy atom. The van der Waals surface area contributed by atoms with Crippen LogP contribution in [-0.4, -0.2) is 34.7 Å². The summed E-state index contributed by atoms with van der Waals surface area (Å²) in [5.41, 5.74) is 1.18. The number of rotatable bonds is 6. The van der Waals surface area contributed by atoms with Gasteiger partial charge in [-0.05, 0) is 25.1 Å². The van der Waals surface area contributed by atoms with Crippen molar-refractivity contribution in [2.75, 3.05) is 14.2 Å². The van der Waals surface area contributed by atoms with Crippen molar-refractivity contribution in [2.45, 2.75) is 6.92 Å². The first-order chi connectivity index (χ1) is 13.9. The van der Waals surface area contributed by atoms with E-state index < -0.39 is 4.92 Å². The van der Waals surface area contributed by atoms with Crippen LogP contribution in [0.15, 0.2) is 52.3 Å². The van der Waals surface area contributed by atoms with Gasteiger partial charge in [-0.3, -0.25) is 19.6 Å². The predicted molar refractivity (Wildman–Crippen MR) is 109 cm³/mol. The molecule has 0 aliphatic rings. The van der Waals surface area contributed by atoms with E-state index in [0.29, 0.717) is 17.1 Å². The topological polar surface area (TPSA) is 101 Å². The van der Waals surface area contributed by atoms with Gasteiger partial charge in [0.15, 0.2) is 17.2 Å². The molecule has 0 aliphatic heterocycles. The van der Waals surface area contributed by atoms with Crippen LogP contribution in [0.2, 0.25) is 0 Å². The second-order valence-corrected chi connectivity index (χ2v) is 6.19. The Kier molecular flexibility index (Phi) is 5.49. The molecule has 2 aromatic carbocycles. The molecule has 3 aromatic rings. The Bertz CT molecular complexity index is 1150. The number of aromatic nitrogens is 2. The second kappa shape index (κ2) is 8.01. The summed E-state index contributed by atoms with van der Waals surface area (Å²) in [6.45, 7) is 1.76. The Balaban J connectivity index is 2.12. The van der Waals surface area contributed by atoms with Crippen molar-refractivity contribution >= 4 is 17.6 Å². The fraction of sp³-hybridized carbons (Fsp3) is 0.200. The van der Waals surface area contributed by atoms with E-state index in [2.05, 4.69) is 4.99 Å². The van der Waals surface area contributed by atoms with Gasteiger partial charge in [0, 0.05) is 13.3 Å². The van der Waals surface area contributed by atoms with Gasteiger partial charge in [-0.1, -0.05) is 18.2 Å². The molecule has 150 valence electrons. The molecular weight excluding hydrogens is 376 g/mol. The third-order valence-electron chi connectivity index (χ3n) is 4.59. The molecule has 0 saturated carbocycles. The van der Waals surface area contributed by atoms with Crippen molar-refractivity contribution < 1.29 is 14.4 Å². The van der Waals surface area contributed by atoms with Crippen molar-refractivity contribution in [3.8, 4) is 17.2 Å². The predicted octanol–water partition coefficient (Wildman–Crippen LogP) is 3.16. The molecule has 0 amide bonds. The zero-order valence-corrected chi connectivity index (χ0v) is 16.4. The van der Waals surface area contributed by atoms with Gasteiger partial charge in [0.1, 0.15) is 0 Å². The fourth-order valence-corrected chi connectivity index (χ4v) is 2.98. The number of ether oxygens (including phenoxy) is 2. The van der Waals surface area contributed by atoms with Crippen molar-refractivity contribution in [3.05, 3.63) is 74.2 Å². The Morgan fingerprint density at radius 1 is 1.10 bits per heavy atom. The summed E-state index contributed by atoms with van der Waals surface area (Å²) >= 11 is 0. The van der Waals surface area contributed by atoms with Crippen LogP contribution < -0.4 is 15.0 Å². The van der Waals surface area contributed by atoms with E-state index in [0.717, 1.165) is 0 Å². The van der Waals surface area contributed by atoms with Crippen molar-refractivity contribution in [3.63, 3.8) is 0 Å². The maximum Gasteiger partial charge on any atom is 0.297 e. The van der Waals surface area contributed by atoms with Crippen molar-refractivity contribution in [1.82, 2.24) is 9.36 Å². The maximum absolute atomic E-state index is 12.9. The number of nitrogens with zero attached hydrogens (tertiary/aromatic N) is 4. The molecular formula is C20H20N4O5. The number of methoxy groups -OCH3 is 2. The van der Waals surface area contributed by atoms with E-state index >= 15 is 0 Å². The quantitative estimate of drug-likeness (QED) is 0.362. The summed E-state index contributed by atoms with van der Waals surface area (Å²) < 4.78 is 13.5. The van der Waals surface area contributed by atoms with Crippen LogP contribution >= 0.6 is 0 Å². The van der Waals surface area contributed by atoms with Crippen LogP contribution in [0.25, 0.3) is 5.69 Å². The lowest BCUT2D eigenvalue weighted by molar-refractivity contribution is -0.385. The molecule has 0 unspecified atom stereocenters. The molecule has 3 rings (SSSR count). The minimum atomic E-state index is -0.538. The molecule has 0 spiro atoms. The van der Waals surface area contributed by atoms with E-state index in [9.17, 15) is 14.9 Å². The summed E-state index contributed by atoms with van der Waals surface area (Å²) in [6, 6.07) is 11.9. The summed E-state index contributed by atoms with van der Waals surface area (Å²) in [5.74, 6) is 0.560. The average molecular weight is 396 g/mol. The Labute approximate surface area is 166 Å². The standard InChI is InChI=1S/C20H20N4O5/c1-13-19(20(25)23(22(13)2)15-8-6-5-7-9-15)21-12-14-10-17(28-3)18(29-4)11-16(14)24(26)27/h5-12H,1-4H3. The lowest BCUT2D eigenvalue weighted by atomic mass is 10.1. The third kappa shape index (κ3) is 3.62. The molecule has 9 nitrogen and oxygen atoms in total. The first-order valence-corrected chi connectivity index (χ1v) is 8.67. The number of para-hydroxylation sites is 1. The number of nitro groups is 1. The average Bonchev–Trinajstić information content (AvgIpc) is 2.94. The summed E-state index contributed by atoms with van der Waals surface area (Å²) in [6.07, 6.45) is 1.29. The lowest BCUT2D eigenvalue weighted by Gasteiger charge is -2.08. The minimum absolute atomic E-state index is 0.195. The van der Waals surface area contributed by atoms with Crippen LogP contribution in [-0.2, 0) is 7.05 Å². The molecule has 0 atom stereocenters. The first kappa shape index (κ1) is 19.9. The summed E-state index contributed by atoms with van der Waals surface area (Å²) in [7, 11) is 4.58. The number of benzene rings is 2. The van der Waals surface area contributed by atoms with E-state index in [1.807, 2.05) is 30.3 Å². The molecule has 0 bridgehead atoms. The van der Waals surface area contributed by atoms with Gasteiger partial charge in [-0.25, -0.2) is 9.67 Å². The number of nitro benzene ring substituents is 1. The highest BCUT2D eigenvalue weighted by Gasteiger charge is 2.20. The van der Waals surface area contributed by atoms with Crippen molar-refractivity contribution in [2.24, 2.45) is 12.0 Å². The number of hydrogen-bond donors (Lipinski definition) is 0. The fourth-order valence-electron chi connectivity index (χ4n) is 2.98. The molecule has 1 aromatic heterocycles. The van der Waals surface area contributed by atoms with Gasteiger partial charge >= 0.3 is 0 Å². The second-order valence-electron chi connectivity index (χ2n) is 6.19.